The van der Waals surface area contributed by atoms with Crippen LogP contribution in [0.3, 0.4) is 0 Å². The zero-order chi connectivity index (χ0) is 17.3. The summed E-state index contributed by atoms with van der Waals surface area (Å²) >= 11 is 0. The molecule has 3 aromatic rings. The van der Waals surface area contributed by atoms with E-state index < -0.39 is 4.92 Å². The van der Waals surface area contributed by atoms with Gasteiger partial charge in [-0.2, -0.15) is 0 Å². The minimum Gasteiger partial charge on any atom is -0.493 e. The van der Waals surface area contributed by atoms with E-state index in [1.54, 1.807) is 10.5 Å². The summed E-state index contributed by atoms with van der Waals surface area (Å²) < 4.78 is 7.38. The maximum atomic E-state index is 11.7. The molecule has 0 aliphatic heterocycles. The smallest absolute Gasteiger partial charge is 0.270 e. The molecule has 0 amide bonds. The van der Waals surface area contributed by atoms with E-state index in [2.05, 4.69) is 0 Å². The molecule has 0 unspecified atom stereocenters. The summed E-state index contributed by atoms with van der Waals surface area (Å²) in [6.45, 7) is 4.20. The number of aldehydes is 1. The van der Waals surface area contributed by atoms with Crippen molar-refractivity contribution in [3.05, 3.63) is 64.0 Å². The molecule has 3 rings (SSSR count). The van der Waals surface area contributed by atoms with Crippen molar-refractivity contribution in [1.29, 1.82) is 0 Å². The number of nitrogens with zero attached hydrogens (tertiary/aromatic N) is 2. The highest BCUT2D eigenvalue weighted by Crippen LogP contribution is 2.36. The molecule has 0 bridgehead atoms. The lowest BCUT2D eigenvalue weighted by Crippen LogP contribution is -1.98. The minimum atomic E-state index is -0.459. The van der Waals surface area contributed by atoms with Crippen LogP contribution in [0.15, 0.2) is 42.6 Å². The van der Waals surface area contributed by atoms with E-state index in [9.17, 15) is 14.9 Å². The second kappa shape index (κ2) is 6.16. The van der Waals surface area contributed by atoms with Crippen LogP contribution in [0, 0.1) is 17.0 Å². The van der Waals surface area contributed by atoms with E-state index in [-0.39, 0.29) is 5.69 Å². The van der Waals surface area contributed by atoms with Crippen molar-refractivity contribution in [2.45, 2.75) is 13.8 Å². The number of hydrogen-bond acceptors (Lipinski definition) is 4. The number of ether oxygens (including phenoxy) is 1. The standard InChI is InChI=1S/C18H16N2O4/c1-3-24-18-7-6-14(20(22)23)9-16(18)15-8-13-5-4-12(2)10-19(13)17(15)11-21/h4-11H,3H2,1-2H3. The molecule has 0 radical (unpaired) electrons. The molecule has 2 heterocycles. The Kier molecular flexibility index (Phi) is 4.04. The highest BCUT2D eigenvalue weighted by atomic mass is 16.6. The van der Waals surface area contributed by atoms with Gasteiger partial charge in [0.2, 0.25) is 0 Å². The Morgan fingerprint density at radius 2 is 2.00 bits per heavy atom. The lowest BCUT2D eigenvalue weighted by atomic mass is 10.0. The van der Waals surface area contributed by atoms with Crippen LogP contribution in [0.5, 0.6) is 5.75 Å². The molecule has 24 heavy (non-hydrogen) atoms. The summed E-state index contributed by atoms with van der Waals surface area (Å²) in [4.78, 5) is 22.3. The van der Waals surface area contributed by atoms with Crippen molar-refractivity contribution in [3.63, 3.8) is 0 Å². The summed E-state index contributed by atoms with van der Waals surface area (Å²) in [7, 11) is 0. The molecular weight excluding hydrogens is 308 g/mol. The molecule has 0 aliphatic carbocycles. The monoisotopic (exact) mass is 324 g/mol. The number of aromatic nitrogens is 1. The van der Waals surface area contributed by atoms with Gasteiger partial charge in [-0.15, -0.1) is 0 Å². The van der Waals surface area contributed by atoms with Crippen molar-refractivity contribution in [3.8, 4) is 16.9 Å². The maximum absolute atomic E-state index is 11.7. The number of aryl methyl sites for hydroxylation is 1. The van der Waals surface area contributed by atoms with Gasteiger partial charge in [-0.25, -0.2) is 0 Å². The van der Waals surface area contributed by atoms with Crippen molar-refractivity contribution in [2.75, 3.05) is 6.61 Å². The summed E-state index contributed by atoms with van der Waals surface area (Å²) in [6.07, 6.45) is 2.62. The predicted molar refractivity (Wildman–Crippen MR) is 90.8 cm³/mol. The van der Waals surface area contributed by atoms with Crippen molar-refractivity contribution in [2.24, 2.45) is 0 Å². The van der Waals surface area contributed by atoms with Crippen LogP contribution in [0.2, 0.25) is 0 Å². The normalized spacial score (nSPS) is 10.8. The maximum Gasteiger partial charge on any atom is 0.270 e. The first-order chi connectivity index (χ1) is 11.5. The Labute approximate surface area is 138 Å². The molecule has 6 heteroatoms. The summed E-state index contributed by atoms with van der Waals surface area (Å²) in [5.41, 5.74) is 3.40. The van der Waals surface area contributed by atoms with Gasteiger partial charge in [0.15, 0.2) is 6.29 Å². The van der Waals surface area contributed by atoms with Crippen LogP contribution in [0.4, 0.5) is 5.69 Å². The zero-order valence-electron chi connectivity index (χ0n) is 13.4. The number of fused-ring (bicyclic) bond motifs is 1. The van der Waals surface area contributed by atoms with Crippen molar-refractivity contribution in [1.82, 2.24) is 4.40 Å². The van der Waals surface area contributed by atoms with Gasteiger partial charge < -0.3 is 9.14 Å². The lowest BCUT2D eigenvalue weighted by Gasteiger charge is -2.09. The quantitative estimate of drug-likeness (QED) is 0.403. The minimum absolute atomic E-state index is 0.0447. The van der Waals surface area contributed by atoms with Gasteiger partial charge in [0.1, 0.15) is 5.75 Å². The second-order valence-corrected chi connectivity index (χ2v) is 5.43. The molecule has 1 aromatic carbocycles. The first-order valence-electron chi connectivity index (χ1n) is 7.53. The third-order valence-corrected chi connectivity index (χ3v) is 3.83. The average Bonchev–Trinajstić information content (AvgIpc) is 2.92. The Morgan fingerprint density at radius 3 is 2.67 bits per heavy atom. The molecule has 0 N–H and O–H groups in total. The Hall–Kier alpha value is -3.15. The largest absolute Gasteiger partial charge is 0.493 e. The van der Waals surface area contributed by atoms with Crippen molar-refractivity contribution < 1.29 is 14.5 Å². The molecule has 0 aliphatic rings. The van der Waals surface area contributed by atoms with Crippen LogP contribution in [0.1, 0.15) is 23.0 Å². The molecular formula is C18H16N2O4. The van der Waals surface area contributed by atoms with E-state index in [1.165, 1.54) is 12.1 Å². The van der Waals surface area contributed by atoms with Gasteiger partial charge in [-0.05, 0) is 37.6 Å². The molecule has 0 saturated heterocycles. The first kappa shape index (κ1) is 15.7. The number of hydrogen-bond donors (Lipinski definition) is 0. The van der Waals surface area contributed by atoms with E-state index in [0.29, 0.717) is 29.2 Å². The third-order valence-electron chi connectivity index (χ3n) is 3.83. The molecule has 6 nitrogen and oxygen atoms in total. The van der Waals surface area contributed by atoms with Crippen LogP contribution < -0.4 is 4.74 Å². The van der Waals surface area contributed by atoms with Gasteiger partial charge in [-0.3, -0.25) is 14.9 Å². The van der Waals surface area contributed by atoms with E-state index in [0.717, 1.165) is 17.4 Å². The fourth-order valence-corrected chi connectivity index (χ4v) is 2.76. The van der Waals surface area contributed by atoms with Gasteiger partial charge in [0.25, 0.3) is 5.69 Å². The van der Waals surface area contributed by atoms with E-state index >= 15 is 0 Å². The number of nitro groups is 1. The molecule has 0 saturated carbocycles. The first-order valence-corrected chi connectivity index (χ1v) is 7.53. The number of nitro benzene ring substituents is 1. The number of benzene rings is 1. The van der Waals surface area contributed by atoms with Gasteiger partial charge in [0.05, 0.1) is 17.2 Å². The Balaban J connectivity index is 2.31. The molecule has 0 fully saturated rings. The van der Waals surface area contributed by atoms with E-state index in [1.807, 2.05) is 38.2 Å². The highest BCUT2D eigenvalue weighted by molar-refractivity contribution is 5.92. The SMILES string of the molecule is CCOc1ccc([N+](=O)[O-])cc1-c1cc2ccc(C)cn2c1C=O. The van der Waals surface area contributed by atoms with Gasteiger partial charge in [-0.1, -0.05) is 6.07 Å². The Bertz CT molecular complexity index is 944. The fourth-order valence-electron chi connectivity index (χ4n) is 2.76. The van der Waals surface area contributed by atoms with Crippen LogP contribution in [0.25, 0.3) is 16.6 Å². The van der Waals surface area contributed by atoms with Crippen molar-refractivity contribution >= 4 is 17.5 Å². The zero-order valence-corrected chi connectivity index (χ0v) is 13.4. The fraction of sp³-hybridized carbons (Fsp3) is 0.167. The summed E-state index contributed by atoms with van der Waals surface area (Å²) in [6, 6.07) is 10.1. The predicted octanol–water partition coefficient (Wildman–Crippen LogP) is 4.03. The molecule has 0 atom stereocenters. The van der Waals surface area contributed by atoms with E-state index in [4.69, 9.17) is 4.74 Å². The molecule has 122 valence electrons. The topological polar surface area (TPSA) is 73.8 Å². The number of carbonyl (C=O) groups is 1. The number of rotatable bonds is 5. The molecule has 0 spiro atoms. The lowest BCUT2D eigenvalue weighted by molar-refractivity contribution is -0.384. The number of non-ortho nitro benzene ring substituents is 1. The second-order valence-electron chi connectivity index (χ2n) is 5.43. The van der Waals surface area contributed by atoms with Crippen LogP contribution in [-0.4, -0.2) is 22.2 Å². The number of pyridine rings is 1. The summed E-state index contributed by atoms with van der Waals surface area (Å²) in [5.74, 6) is 0.513. The van der Waals surface area contributed by atoms with Gasteiger partial charge in [0, 0.05) is 35.0 Å². The third kappa shape index (κ3) is 2.62. The van der Waals surface area contributed by atoms with Gasteiger partial charge >= 0.3 is 0 Å². The Morgan fingerprint density at radius 1 is 1.21 bits per heavy atom. The summed E-state index contributed by atoms with van der Waals surface area (Å²) in [5, 5.41) is 11.1. The highest BCUT2D eigenvalue weighted by Gasteiger charge is 2.19. The average molecular weight is 324 g/mol. The molecule has 2 aromatic heterocycles. The van der Waals surface area contributed by atoms with Crippen LogP contribution in [-0.2, 0) is 0 Å². The van der Waals surface area contributed by atoms with Crippen LogP contribution >= 0.6 is 0 Å². The number of carbonyl (C=O) groups excluding carboxylic acids is 1.